The maximum Gasteiger partial charge on any atom is 0.259 e. The first-order valence-corrected chi connectivity index (χ1v) is 9.22. The van der Waals surface area contributed by atoms with Crippen molar-refractivity contribution < 1.29 is 9.21 Å². The third kappa shape index (κ3) is 3.38. The molecule has 0 aliphatic rings. The Kier molecular flexibility index (Phi) is 4.55. The van der Waals surface area contributed by atoms with E-state index in [0.29, 0.717) is 17.1 Å². The van der Waals surface area contributed by atoms with Gasteiger partial charge in [-0.1, -0.05) is 37.3 Å². The van der Waals surface area contributed by atoms with Crippen LogP contribution in [0.2, 0.25) is 0 Å². The average molecular weight is 358 g/mol. The molecule has 27 heavy (non-hydrogen) atoms. The molecule has 1 amide bonds. The molecule has 0 bridgehead atoms. The lowest BCUT2D eigenvalue weighted by molar-refractivity contribution is 0.102. The second kappa shape index (κ2) is 7.16. The molecule has 136 valence electrons. The molecule has 0 saturated carbocycles. The van der Waals surface area contributed by atoms with Gasteiger partial charge >= 0.3 is 0 Å². The van der Waals surface area contributed by atoms with Crippen LogP contribution in [0.15, 0.2) is 71.3 Å². The molecule has 4 nitrogen and oxygen atoms in total. The molecule has 0 radical (unpaired) electrons. The SMILES string of the molecule is CCCn1ccc2cc(NC(=O)c3cc(-c4ccccc4)oc3C)ccc21. The van der Waals surface area contributed by atoms with Crippen molar-refractivity contribution in [2.24, 2.45) is 0 Å². The molecule has 0 fully saturated rings. The van der Waals surface area contributed by atoms with Crippen molar-refractivity contribution in [3.63, 3.8) is 0 Å². The number of fused-ring (bicyclic) bond motifs is 1. The van der Waals surface area contributed by atoms with Crippen LogP contribution in [0.5, 0.6) is 0 Å². The quantitative estimate of drug-likeness (QED) is 0.485. The van der Waals surface area contributed by atoms with Gasteiger partial charge in [0.2, 0.25) is 0 Å². The van der Waals surface area contributed by atoms with E-state index in [2.05, 4.69) is 35.1 Å². The topological polar surface area (TPSA) is 47.2 Å². The standard InChI is InChI=1S/C23H22N2O2/c1-3-12-25-13-11-18-14-19(9-10-21(18)25)24-23(26)20-15-22(27-16(20)2)17-7-5-4-6-8-17/h4-11,13-15H,3,12H2,1-2H3,(H,24,26). The zero-order chi connectivity index (χ0) is 18.8. The molecule has 1 N–H and O–H groups in total. The average Bonchev–Trinajstić information content (AvgIpc) is 3.26. The van der Waals surface area contributed by atoms with Crippen molar-refractivity contribution in [2.45, 2.75) is 26.8 Å². The van der Waals surface area contributed by atoms with E-state index in [1.165, 1.54) is 5.52 Å². The maximum atomic E-state index is 12.7. The Bertz CT molecular complexity index is 1090. The first kappa shape index (κ1) is 17.2. The molecular weight excluding hydrogens is 336 g/mol. The number of hydrogen-bond acceptors (Lipinski definition) is 2. The van der Waals surface area contributed by atoms with Crippen LogP contribution in [-0.4, -0.2) is 10.5 Å². The van der Waals surface area contributed by atoms with Crippen LogP contribution in [0.3, 0.4) is 0 Å². The Morgan fingerprint density at radius 3 is 2.67 bits per heavy atom. The summed E-state index contributed by atoms with van der Waals surface area (Å²) in [4.78, 5) is 12.7. The number of hydrogen-bond donors (Lipinski definition) is 1. The minimum absolute atomic E-state index is 0.161. The number of aromatic nitrogens is 1. The molecule has 0 aliphatic heterocycles. The molecule has 4 heteroatoms. The highest BCUT2D eigenvalue weighted by molar-refractivity contribution is 6.06. The molecule has 0 unspecified atom stereocenters. The Morgan fingerprint density at radius 2 is 1.89 bits per heavy atom. The molecule has 2 aromatic heterocycles. The van der Waals surface area contributed by atoms with Gasteiger partial charge in [-0.25, -0.2) is 0 Å². The summed E-state index contributed by atoms with van der Waals surface area (Å²) >= 11 is 0. The fraction of sp³-hybridized carbons (Fsp3) is 0.174. The van der Waals surface area contributed by atoms with Crippen molar-refractivity contribution in [2.75, 3.05) is 5.32 Å². The molecule has 2 aromatic carbocycles. The Labute approximate surface area is 158 Å². The lowest BCUT2D eigenvalue weighted by atomic mass is 10.1. The van der Waals surface area contributed by atoms with Crippen molar-refractivity contribution in [3.05, 3.63) is 78.2 Å². The van der Waals surface area contributed by atoms with Crippen molar-refractivity contribution in [1.82, 2.24) is 4.57 Å². The summed E-state index contributed by atoms with van der Waals surface area (Å²) in [5.41, 5.74) is 3.47. The Balaban J connectivity index is 1.57. The van der Waals surface area contributed by atoms with Crippen molar-refractivity contribution >= 4 is 22.5 Å². The lowest BCUT2D eigenvalue weighted by Crippen LogP contribution is -2.12. The van der Waals surface area contributed by atoms with Gasteiger partial charge in [0, 0.05) is 34.9 Å². The van der Waals surface area contributed by atoms with Gasteiger partial charge in [-0.3, -0.25) is 4.79 Å². The largest absolute Gasteiger partial charge is 0.461 e. The van der Waals surface area contributed by atoms with Gasteiger partial charge < -0.3 is 14.3 Å². The molecule has 0 saturated heterocycles. The first-order valence-electron chi connectivity index (χ1n) is 9.22. The van der Waals surface area contributed by atoms with Crippen LogP contribution in [0.25, 0.3) is 22.2 Å². The number of furan rings is 1. The van der Waals surface area contributed by atoms with E-state index in [9.17, 15) is 4.79 Å². The number of nitrogens with one attached hydrogen (secondary N) is 1. The first-order chi connectivity index (χ1) is 13.2. The van der Waals surface area contributed by atoms with Gasteiger partial charge in [-0.15, -0.1) is 0 Å². The molecular formula is C23H22N2O2. The summed E-state index contributed by atoms with van der Waals surface area (Å²) in [6.45, 7) is 4.97. The van der Waals surface area contributed by atoms with E-state index in [1.807, 2.05) is 49.4 Å². The van der Waals surface area contributed by atoms with Gasteiger partial charge in [0.05, 0.1) is 5.56 Å². The zero-order valence-corrected chi connectivity index (χ0v) is 15.5. The zero-order valence-electron chi connectivity index (χ0n) is 15.5. The predicted molar refractivity (Wildman–Crippen MR) is 109 cm³/mol. The number of anilines is 1. The van der Waals surface area contributed by atoms with Crippen LogP contribution in [0.4, 0.5) is 5.69 Å². The number of carbonyl (C=O) groups is 1. The van der Waals surface area contributed by atoms with E-state index in [1.54, 1.807) is 6.07 Å². The van der Waals surface area contributed by atoms with E-state index in [0.717, 1.165) is 29.6 Å². The minimum Gasteiger partial charge on any atom is -0.461 e. The molecule has 4 aromatic rings. The summed E-state index contributed by atoms with van der Waals surface area (Å²) in [5.74, 6) is 1.15. The van der Waals surface area contributed by atoms with Crippen LogP contribution in [-0.2, 0) is 6.54 Å². The second-order valence-electron chi connectivity index (χ2n) is 6.68. The van der Waals surface area contributed by atoms with Gasteiger partial charge in [0.25, 0.3) is 5.91 Å². The highest BCUT2D eigenvalue weighted by atomic mass is 16.3. The summed E-state index contributed by atoms with van der Waals surface area (Å²) in [6, 6.07) is 19.7. The number of amides is 1. The molecule has 4 rings (SSSR count). The van der Waals surface area contributed by atoms with Gasteiger partial charge in [0.1, 0.15) is 11.5 Å². The van der Waals surface area contributed by atoms with Gasteiger partial charge in [-0.2, -0.15) is 0 Å². The van der Waals surface area contributed by atoms with Crippen molar-refractivity contribution in [1.29, 1.82) is 0 Å². The van der Waals surface area contributed by atoms with Crippen LogP contribution in [0.1, 0.15) is 29.5 Å². The smallest absolute Gasteiger partial charge is 0.259 e. The van der Waals surface area contributed by atoms with E-state index >= 15 is 0 Å². The summed E-state index contributed by atoms with van der Waals surface area (Å²) in [6.07, 6.45) is 3.18. The summed E-state index contributed by atoms with van der Waals surface area (Å²) in [5, 5.41) is 4.11. The fourth-order valence-electron chi connectivity index (χ4n) is 3.36. The number of rotatable bonds is 5. The van der Waals surface area contributed by atoms with E-state index in [-0.39, 0.29) is 5.91 Å². The third-order valence-corrected chi connectivity index (χ3v) is 4.71. The highest BCUT2D eigenvalue weighted by Crippen LogP contribution is 2.26. The molecule has 0 atom stereocenters. The van der Waals surface area contributed by atoms with Crippen LogP contribution >= 0.6 is 0 Å². The molecule has 0 aliphatic carbocycles. The summed E-state index contributed by atoms with van der Waals surface area (Å²) in [7, 11) is 0. The minimum atomic E-state index is -0.161. The predicted octanol–water partition coefficient (Wildman–Crippen LogP) is 5.87. The normalized spacial score (nSPS) is 11.0. The monoisotopic (exact) mass is 358 g/mol. The van der Waals surface area contributed by atoms with Crippen LogP contribution in [0, 0.1) is 6.92 Å². The third-order valence-electron chi connectivity index (χ3n) is 4.71. The number of aryl methyl sites for hydroxylation is 2. The fourth-order valence-corrected chi connectivity index (χ4v) is 3.36. The molecule has 2 heterocycles. The number of benzene rings is 2. The van der Waals surface area contributed by atoms with E-state index < -0.39 is 0 Å². The lowest BCUT2D eigenvalue weighted by Gasteiger charge is -2.06. The summed E-state index contributed by atoms with van der Waals surface area (Å²) < 4.78 is 8.03. The van der Waals surface area contributed by atoms with Crippen molar-refractivity contribution in [3.8, 4) is 11.3 Å². The Hall–Kier alpha value is -3.27. The van der Waals surface area contributed by atoms with Crippen LogP contribution < -0.4 is 5.32 Å². The van der Waals surface area contributed by atoms with Gasteiger partial charge in [-0.05, 0) is 43.7 Å². The molecule has 0 spiro atoms. The second-order valence-corrected chi connectivity index (χ2v) is 6.68. The highest BCUT2D eigenvalue weighted by Gasteiger charge is 2.16. The number of carbonyl (C=O) groups excluding carboxylic acids is 1. The maximum absolute atomic E-state index is 12.7. The van der Waals surface area contributed by atoms with E-state index in [4.69, 9.17) is 4.42 Å². The number of nitrogens with zero attached hydrogens (tertiary/aromatic N) is 1. The Morgan fingerprint density at radius 1 is 1.07 bits per heavy atom. The van der Waals surface area contributed by atoms with Gasteiger partial charge in [0.15, 0.2) is 0 Å².